The molecule has 1 aliphatic heterocycles. The van der Waals surface area contributed by atoms with Crippen molar-refractivity contribution in [3.8, 4) is 11.5 Å². The van der Waals surface area contributed by atoms with Crippen molar-refractivity contribution in [3.63, 3.8) is 0 Å². The molecule has 2 aromatic carbocycles. The predicted octanol–water partition coefficient (Wildman–Crippen LogP) is 3.34. The Balaban J connectivity index is 1.19. The number of amides is 1. The van der Waals surface area contributed by atoms with Crippen LogP contribution in [0.1, 0.15) is 6.42 Å². The fraction of sp³-hybridized carbons (Fsp3) is 0.391. The minimum atomic E-state index is -0.858. The maximum atomic E-state index is 12.2. The van der Waals surface area contributed by atoms with Crippen LogP contribution in [0.15, 0.2) is 48.5 Å². The number of nitrogens with one attached hydrogen (secondary N) is 1. The number of halogens is 2. The van der Waals surface area contributed by atoms with Crippen LogP contribution in [0.4, 0.5) is 0 Å². The van der Waals surface area contributed by atoms with Gasteiger partial charge in [0.05, 0.1) is 6.61 Å². The predicted molar refractivity (Wildman–Crippen MR) is 120 cm³/mol. The van der Waals surface area contributed by atoms with Gasteiger partial charge in [-0.1, -0.05) is 23.2 Å². The minimum absolute atomic E-state index is 0.0684. The number of hydrogen-bond acceptors (Lipinski definition) is 5. The molecule has 170 valence electrons. The lowest BCUT2D eigenvalue weighted by Gasteiger charge is -2.26. The summed E-state index contributed by atoms with van der Waals surface area (Å²) in [5.74, 6) is 0.741. The third-order valence-corrected chi connectivity index (χ3v) is 6.44. The number of carboxylic acid groups (broad SMARTS) is 1. The number of likely N-dealkylation sites (tertiary alicyclic amines) is 1. The first kappa shape index (κ1) is 22.7. The molecule has 7 nitrogen and oxygen atoms in total. The molecule has 0 radical (unpaired) electrons. The van der Waals surface area contributed by atoms with Crippen LogP contribution in [0.2, 0.25) is 10.0 Å². The maximum Gasteiger partial charge on any atom is 0.321 e. The molecule has 2 aliphatic rings. The number of hydrogen-bond donors (Lipinski definition) is 2. The molecule has 1 aliphatic carbocycles. The van der Waals surface area contributed by atoms with Crippen molar-refractivity contribution in [1.82, 2.24) is 10.2 Å². The molecular formula is C23H24Cl2N2O5. The Morgan fingerprint density at radius 2 is 1.50 bits per heavy atom. The van der Waals surface area contributed by atoms with Gasteiger partial charge >= 0.3 is 5.97 Å². The zero-order valence-corrected chi connectivity index (χ0v) is 18.8. The number of carbonyl (C=O) groups excluding carboxylic acids is 1. The topological polar surface area (TPSA) is 88.1 Å². The van der Waals surface area contributed by atoms with Crippen LogP contribution in [0.3, 0.4) is 0 Å². The van der Waals surface area contributed by atoms with E-state index in [0.29, 0.717) is 47.7 Å². The van der Waals surface area contributed by atoms with Crippen molar-refractivity contribution in [2.24, 2.45) is 11.8 Å². The average molecular weight is 479 g/mol. The van der Waals surface area contributed by atoms with Crippen LogP contribution >= 0.6 is 23.2 Å². The van der Waals surface area contributed by atoms with E-state index in [0.717, 1.165) is 0 Å². The molecule has 0 aromatic heterocycles. The Morgan fingerprint density at radius 1 is 0.969 bits per heavy atom. The van der Waals surface area contributed by atoms with Crippen molar-refractivity contribution < 1.29 is 24.2 Å². The molecular weight excluding hydrogens is 455 g/mol. The Morgan fingerprint density at radius 3 is 2.03 bits per heavy atom. The Labute approximate surface area is 196 Å². The summed E-state index contributed by atoms with van der Waals surface area (Å²) in [4.78, 5) is 25.9. The minimum Gasteiger partial charge on any atom is -0.494 e. The van der Waals surface area contributed by atoms with Crippen LogP contribution in [0.25, 0.3) is 0 Å². The Hall–Kier alpha value is -2.48. The van der Waals surface area contributed by atoms with Crippen molar-refractivity contribution in [2.45, 2.75) is 18.5 Å². The van der Waals surface area contributed by atoms with Crippen LogP contribution in [-0.4, -0.2) is 60.3 Å². The summed E-state index contributed by atoms with van der Waals surface area (Å²) < 4.78 is 11.1. The van der Waals surface area contributed by atoms with Crippen molar-refractivity contribution in [3.05, 3.63) is 58.6 Å². The van der Waals surface area contributed by atoms with Crippen molar-refractivity contribution in [1.29, 1.82) is 0 Å². The number of aliphatic carboxylic acids is 1. The maximum absolute atomic E-state index is 12.2. The SMILES string of the molecule is O=C(COc1ccc(Cl)cc1)NC1C2CN(C(CCOc3ccc(Cl)cc3)C(=O)O)CC21. The highest BCUT2D eigenvalue weighted by atomic mass is 35.5. The van der Waals surface area contributed by atoms with Gasteiger partial charge in [-0.3, -0.25) is 14.5 Å². The molecule has 9 heteroatoms. The summed E-state index contributed by atoms with van der Waals surface area (Å²) in [6.07, 6.45) is 0.378. The van der Waals surface area contributed by atoms with E-state index in [-0.39, 0.29) is 30.4 Å². The highest BCUT2D eigenvalue weighted by Crippen LogP contribution is 2.46. The molecule has 3 unspecified atom stereocenters. The van der Waals surface area contributed by atoms with Gasteiger partial charge in [0.15, 0.2) is 6.61 Å². The molecule has 1 saturated carbocycles. The van der Waals surface area contributed by atoms with Gasteiger partial charge < -0.3 is 19.9 Å². The number of rotatable bonds is 10. The van der Waals surface area contributed by atoms with E-state index in [1.165, 1.54) is 0 Å². The standard InChI is InChI=1S/C23H24Cl2N2O5/c24-14-1-5-16(6-2-14)31-10-9-20(23(29)30)27-11-18-19(12-27)22(18)26-21(28)13-32-17-7-3-15(25)4-8-17/h1-8,18-20,22H,9-13H2,(H,26,28)(H,29,30). The van der Waals surface area contributed by atoms with Gasteiger partial charge in [0.25, 0.3) is 5.91 Å². The fourth-order valence-corrected chi connectivity index (χ4v) is 4.47. The number of piperidine rings is 1. The highest BCUT2D eigenvalue weighted by molar-refractivity contribution is 6.30. The molecule has 3 atom stereocenters. The summed E-state index contributed by atoms with van der Waals surface area (Å²) in [6, 6.07) is 13.3. The lowest BCUT2D eigenvalue weighted by Crippen LogP contribution is -2.44. The highest BCUT2D eigenvalue weighted by Gasteiger charge is 2.57. The van der Waals surface area contributed by atoms with E-state index < -0.39 is 12.0 Å². The van der Waals surface area contributed by atoms with E-state index in [4.69, 9.17) is 32.7 Å². The number of carbonyl (C=O) groups is 2. The number of fused-ring (bicyclic) bond motifs is 1. The van der Waals surface area contributed by atoms with Gasteiger partial charge in [-0.25, -0.2) is 0 Å². The number of benzene rings is 2. The lowest BCUT2D eigenvalue weighted by molar-refractivity contribution is -0.143. The third-order valence-electron chi connectivity index (χ3n) is 5.93. The molecule has 32 heavy (non-hydrogen) atoms. The first-order valence-corrected chi connectivity index (χ1v) is 11.2. The van der Waals surface area contributed by atoms with E-state index in [1.807, 2.05) is 4.90 Å². The zero-order valence-electron chi connectivity index (χ0n) is 17.2. The lowest BCUT2D eigenvalue weighted by atomic mass is 10.1. The molecule has 0 bridgehead atoms. The van der Waals surface area contributed by atoms with Crippen LogP contribution in [0, 0.1) is 11.8 Å². The number of carboxylic acids is 1. The Bertz CT molecular complexity index is 942. The second-order valence-electron chi connectivity index (χ2n) is 8.06. The number of ether oxygens (including phenoxy) is 2. The van der Waals surface area contributed by atoms with Crippen LogP contribution < -0.4 is 14.8 Å². The van der Waals surface area contributed by atoms with Crippen LogP contribution in [-0.2, 0) is 9.59 Å². The summed E-state index contributed by atoms with van der Waals surface area (Å²) in [5, 5.41) is 13.9. The van der Waals surface area contributed by atoms with E-state index in [2.05, 4.69) is 5.32 Å². The molecule has 1 saturated heterocycles. The normalized spacial score (nSPS) is 22.6. The second kappa shape index (κ2) is 9.98. The summed E-state index contributed by atoms with van der Waals surface area (Å²) in [6.45, 7) is 1.52. The molecule has 2 N–H and O–H groups in total. The summed E-state index contributed by atoms with van der Waals surface area (Å²) >= 11 is 11.7. The molecule has 4 rings (SSSR count). The van der Waals surface area contributed by atoms with E-state index in [1.54, 1.807) is 48.5 Å². The first-order chi connectivity index (χ1) is 15.4. The first-order valence-electron chi connectivity index (χ1n) is 10.4. The Kier molecular flexibility index (Phi) is 7.08. The van der Waals surface area contributed by atoms with Gasteiger partial charge in [-0.05, 0) is 60.4 Å². The van der Waals surface area contributed by atoms with Gasteiger partial charge in [0, 0.05) is 35.6 Å². The largest absolute Gasteiger partial charge is 0.494 e. The molecule has 2 fully saturated rings. The third kappa shape index (κ3) is 5.65. The molecule has 2 aromatic rings. The molecule has 0 spiro atoms. The van der Waals surface area contributed by atoms with Gasteiger partial charge in [-0.15, -0.1) is 0 Å². The quantitative estimate of drug-likeness (QED) is 0.544. The van der Waals surface area contributed by atoms with E-state index in [9.17, 15) is 14.7 Å². The fourth-order valence-electron chi connectivity index (χ4n) is 4.22. The van der Waals surface area contributed by atoms with Gasteiger partial charge in [0.2, 0.25) is 0 Å². The monoisotopic (exact) mass is 478 g/mol. The molecule has 1 heterocycles. The van der Waals surface area contributed by atoms with Crippen LogP contribution in [0.5, 0.6) is 11.5 Å². The van der Waals surface area contributed by atoms with E-state index >= 15 is 0 Å². The van der Waals surface area contributed by atoms with Gasteiger partial charge in [0.1, 0.15) is 17.5 Å². The summed E-state index contributed by atoms with van der Waals surface area (Å²) in [7, 11) is 0. The van der Waals surface area contributed by atoms with Crippen molar-refractivity contribution in [2.75, 3.05) is 26.3 Å². The average Bonchev–Trinajstić information content (AvgIpc) is 3.19. The zero-order chi connectivity index (χ0) is 22.7. The smallest absolute Gasteiger partial charge is 0.321 e. The second-order valence-corrected chi connectivity index (χ2v) is 8.94. The molecule has 1 amide bonds. The number of nitrogens with zero attached hydrogens (tertiary/aromatic N) is 1. The van der Waals surface area contributed by atoms with Gasteiger partial charge in [-0.2, -0.15) is 0 Å². The summed E-state index contributed by atoms with van der Waals surface area (Å²) in [5.41, 5.74) is 0. The van der Waals surface area contributed by atoms with Crippen molar-refractivity contribution >= 4 is 35.1 Å².